The van der Waals surface area contributed by atoms with Gasteiger partial charge in [-0.1, -0.05) is 30.3 Å². The lowest BCUT2D eigenvalue weighted by Crippen LogP contribution is -2.51. The monoisotopic (exact) mass is 461 g/mol. The lowest BCUT2D eigenvalue weighted by Gasteiger charge is -2.42. The predicted octanol–water partition coefficient (Wildman–Crippen LogP) is 3.15. The third-order valence-corrected chi connectivity index (χ3v) is 7.58. The summed E-state index contributed by atoms with van der Waals surface area (Å²) in [7, 11) is 0. The van der Waals surface area contributed by atoms with Crippen LogP contribution in [0.15, 0.2) is 48.4 Å². The summed E-state index contributed by atoms with van der Waals surface area (Å²) >= 11 is 0. The molecule has 2 atom stereocenters. The summed E-state index contributed by atoms with van der Waals surface area (Å²) in [6, 6.07) is 10.5. The number of amides is 2. The molecule has 34 heavy (non-hydrogen) atoms. The molecule has 3 aliphatic rings. The van der Waals surface area contributed by atoms with E-state index in [1.807, 2.05) is 31.0 Å². The molecule has 1 aromatic heterocycles. The summed E-state index contributed by atoms with van der Waals surface area (Å²) in [5.41, 5.74) is 4.66. The van der Waals surface area contributed by atoms with Crippen LogP contribution in [-0.2, 0) is 0 Å². The van der Waals surface area contributed by atoms with Gasteiger partial charge in [0, 0.05) is 50.8 Å². The summed E-state index contributed by atoms with van der Waals surface area (Å²) in [5.74, 6) is 1.08. The summed E-state index contributed by atoms with van der Waals surface area (Å²) in [6.45, 7) is 8.44. The average Bonchev–Trinajstić information content (AvgIpc) is 3.34. The van der Waals surface area contributed by atoms with Gasteiger partial charge < -0.3 is 14.9 Å². The van der Waals surface area contributed by atoms with Gasteiger partial charge in [-0.05, 0) is 43.9 Å². The van der Waals surface area contributed by atoms with Crippen LogP contribution in [0.3, 0.4) is 0 Å². The fourth-order valence-electron chi connectivity index (χ4n) is 5.67. The molecule has 0 radical (unpaired) electrons. The first-order valence-corrected chi connectivity index (χ1v) is 12.0. The molecule has 0 bridgehead atoms. The Labute approximate surface area is 199 Å². The Morgan fingerprint density at radius 2 is 1.76 bits per heavy atom. The Balaban J connectivity index is 1.21. The number of carboxylic acid groups (broad SMARTS) is 1. The maximum Gasteiger partial charge on any atom is 0.407 e. The second-order valence-electron chi connectivity index (χ2n) is 9.77. The number of carbonyl (C=O) groups is 2. The van der Waals surface area contributed by atoms with Gasteiger partial charge in [-0.3, -0.25) is 9.69 Å². The molecule has 0 aliphatic carbocycles. The molecular weight excluding hydrogens is 430 g/mol. The number of fused-ring (bicyclic) bond motifs is 1. The number of hydrogen-bond donors (Lipinski definition) is 1. The van der Waals surface area contributed by atoms with Crippen LogP contribution < -0.4 is 0 Å². The first-order valence-electron chi connectivity index (χ1n) is 12.0. The van der Waals surface area contributed by atoms with Crippen molar-refractivity contribution in [1.29, 1.82) is 0 Å². The van der Waals surface area contributed by atoms with Crippen molar-refractivity contribution in [3.8, 4) is 0 Å². The number of nitrogens with zero attached hydrogens (tertiary/aromatic N) is 5. The van der Waals surface area contributed by atoms with Crippen molar-refractivity contribution in [2.24, 2.45) is 11.8 Å². The zero-order valence-corrected chi connectivity index (χ0v) is 19.7. The van der Waals surface area contributed by atoms with Gasteiger partial charge in [-0.25, -0.2) is 14.8 Å². The molecule has 178 valence electrons. The van der Waals surface area contributed by atoms with Gasteiger partial charge in [0.2, 0.25) is 0 Å². The summed E-state index contributed by atoms with van der Waals surface area (Å²) in [4.78, 5) is 38.6. The zero-order valence-electron chi connectivity index (χ0n) is 19.7. The minimum Gasteiger partial charge on any atom is -0.465 e. The second kappa shape index (κ2) is 9.18. The second-order valence-corrected chi connectivity index (χ2v) is 9.77. The fraction of sp³-hybridized carbons (Fsp3) is 0.462. The van der Waals surface area contributed by atoms with Crippen molar-refractivity contribution in [2.75, 3.05) is 39.3 Å². The van der Waals surface area contributed by atoms with Gasteiger partial charge >= 0.3 is 6.09 Å². The van der Waals surface area contributed by atoms with Crippen LogP contribution in [0.4, 0.5) is 4.79 Å². The van der Waals surface area contributed by atoms with Crippen LogP contribution in [0.25, 0.3) is 0 Å². The predicted molar refractivity (Wildman–Crippen MR) is 127 cm³/mol. The maximum atomic E-state index is 13.1. The molecule has 2 fully saturated rings. The molecule has 1 aromatic carbocycles. The normalized spacial score (nSPS) is 21.2. The Bertz CT molecular complexity index is 1090. The Morgan fingerprint density at radius 1 is 1.06 bits per heavy atom. The van der Waals surface area contributed by atoms with Crippen molar-refractivity contribution >= 4 is 12.0 Å². The standard InChI is InChI=1S/C26H31N5O3/c1-17-24(18(2)28-16-27-17)25(32)30-12-20-10-29(11-21(20)13-30)9-8-23(19-6-4-3-5-7-19)22-14-31(15-22)26(33)34/h3-7,12,16,21-23H,8-11,13-15H2,1-2H3,(H,33,34). The van der Waals surface area contributed by atoms with E-state index in [2.05, 4.69) is 39.1 Å². The van der Waals surface area contributed by atoms with Crippen molar-refractivity contribution in [2.45, 2.75) is 26.2 Å². The van der Waals surface area contributed by atoms with E-state index in [1.54, 1.807) is 0 Å². The Morgan fingerprint density at radius 3 is 2.41 bits per heavy atom. The van der Waals surface area contributed by atoms with E-state index in [1.165, 1.54) is 22.4 Å². The van der Waals surface area contributed by atoms with Crippen LogP contribution in [0.2, 0.25) is 0 Å². The highest BCUT2D eigenvalue weighted by molar-refractivity contribution is 5.97. The van der Waals surface area contributed by atoms with Crippen molar-refractivity contribution in [3.05, 3.63) is 70.9 Å². The molecular formula is C26H31N5O3. The van der Waals surface area contributed by atoms with E-state index in [4.69, 9.17) is 0 Å². The number of benzene rings is 1. The molecule has 3 aliphatic heterocycles. The molecule has 1 N–H and O–H groups in total. The number of hydrogen-bond acceptors (Lipinski definition) is 5. The Kier molecular flexibility index (Phi) is 6.08. The lowest BCUT2D eigenvalue weighted by atomic mass is 9.79. The van der Waals surface area contributed by atoms with E-state index >= 15 is 0 Å². The highest BCUT2D eigenvalue weighted by Crippen LogP contribution is 2.36. The van der Waals surface area contributed by atoms with E-state index in [-0.39, 0.29) is 5.91 Å². The van der Waals surface area contributed by atoms with Crippen molar-refractivity contribution in [1.82, 2.24) is 24.7 Å². The van der Waals surface area contributed by atoms with Crippen molar-refractivity contribution < 1.29 is 14.7 Å². The number of likely N-dealkylation sites (tertiary alicyclic amines) is 2. The fourth-order valence-corrected chi connectivity index (χ4v) is 5.67. The Hall–Kier alpha value is -3.26. The SMILES string of the molecule is Cc1ncnc(C)c1C(=O)N1C=C2CN(CCC(c3ccccc3)C3CN(C(=O)O)C3)CC2C1. The van der Waals surface area contributed by atoms with E-state index in [0.29, 0.717) is 43.0 Å². The lowest BCUT2D eigenvalue weighted by molar-refractivity contribution is 0.0668. The third kappa shape index (κ3) is 4.30. The zero-order chi connectivity index (χ0) is 23.8. The number of carbonyl (C=O) groups excluding carboxylic acids is 1. The van der Waals surface area contributed by atoms with Gasteiger partial charge in [0.1, 0.15) is 6.33 Å². The van der Waals surface area contributed by atoms with Crippen molar-refractivity contribution in [3.63, 3.8) is 0 Å². The van der Waals surface area contributed by atoms with Crippen LogP contribution in [0.1, 0.15) is 39.6 Å². The number of aromatic nitrogens is 2. The maximum absolute atomic E-state index is 13.1. The molecule has 5 rings (SSSR count). The van der Waals surface area contributed by atoms with Gasteiger partial charge in [-0.15, -0.1) is 0 Å². The molecule has 4 heterocycles. The molecule has 8 nitrogen and oxygen atoms in total. The highest BCUT2D eigenvalue weighted by Gasteiger charge is 2.39. The summed E-state index contributed by atoms with van der Waals surface area (Å²) in [6.07, 6.45) is 3.71. The molecule has 2 amide bonds. The van der Waals surface area contributed by atoms with Gasteiger partial charge in [0.15, 0.2) is 0 Å². The van der Waals surface area contributed by atoms with Gasteiger partial charge in [0.25, 0.3) is 5.91 Å². The third-order valence-electron chi connectivity index (χ3n) is 7.58. The molecule has 8 heteroatoms. The first-order chi connectivity index (χ1) is 16.4. The first kappa shape index (κ1) is 22.5. The molecule has 2 saturated heterocycles. The van der Waals surface area contributed by atoms with Crippen LogP contribution in [0.5, 0.6) is 0 Å². The minimum absolute atomic E-state index is 0.0128. The molecule has 2 unspecified atom stereocenters. The van der Waals surface area contributed by atoms with Crippen LogP contribution in [0, 0.1) is 25.7 Å². The largest absolute Gasteiger partial charge is 0.465 e. The minimum atomic E-state index is -0.825. The van der Waals surface area contributed by atoms with Gasteiger partial charge in [0.05, 0.1) is 17.0 Å². The van der Waals surface area contributed by atoms with E-state index in [0.717, 1.165) is 37.4 Å². The van der Waals surface area contributed by atoms with E-state index in [9.17, 15) is 14.7 Å². The number of rotatable bonds is 6. The van der Waals surface area contributed by atoms with Crippen LogP contribution in [-0.4, -0.2) is 81.0 Å². The summed E-state index contributed by atoms with van der Waals surface area (Å²) in [5, 5.41) is 9.24. The molecule has 2 aromatic rings. The van der Waals surface area contributed by atoms with E-state index < -0.39 is 6.09 Å². The topological polar surface area (TPSA) is 89.9 Å². The smallest absolute Gasteiger partial charge is 0.407 e. The average molecular weight is 462 g/mol. The van der Waals surface area contributed by atoms with Crippen LogP contribution >= 0.6 is 0 Å². The number of aryl methyl sites for hydroxylation is 2. The quantitative estimate of drug-likeness (QED) is 0.711. The molecule has 0 spiro atoms. The summed E-state index contributed by atoms with van der Waals surface area (Å²) < 4.78 is 0. The molecule has 0 saturated carbocycles. The van der Waals surface area contributed by atoms with Gasteiger partial charge in [-0.2, -0.15) is 0 Å². The highest BCUT2D eigenvalue weighted by atomic mass is 16.4.